The number of carboxylic acids is 1. The maximum atomic E-state index is 11.3. The first kappa shape index (κ1) is 16.8. The predicted octanol–water partition coefficient (Wildman–Crippen LogP) is 2.89. The summed E-state index contributed by atoms with van der Waals surface area (Å²) in [5, 5.41) is 12.8. The SMILES string of the molecule is COc1ccc2c(c1)CC(NCC(CC(C)C)C(=O)O)CC2. The van der Waals surface area contributed by atoms with Gasteiger partial charge in [0.15, 0.2) is 0 Å². The number of aliphatic carboxylic acids is 1. The molecule has 2 unspecified atom stereocenters. The van der Waals surface area contributed by atoms with Gasteiger partial charge in [-0.1, -0.05) is 19.9 Å². The van der Waals surface area contributed by atoms with E-state index in [4.69, 9.17) is 4.74 Å². The van der Waals surface area contributed by atoms with Gasteiger partial charge in [-0.3, -0.25) is 4.79 Å². The first-order valence-corrected chi connectivity index (χ1v) is 8.11. The zero-order valence-electron chi connectivity index (χ0n) is 13.8. The van der Waals surface area contributed by atoms with E-state index < -0.39 is 5.97 Å². The molecular formula is C18H27NO3. The van der Waals surface area contributed by atoms with Gasteiger partial charge in [-0.15, -0.1) is 0 Å². The van der Waals surface area contributed by atoms with Gasteiger partial charge in [-0.05, 0) is 54.9 Å². The molecule has 0 bridgehead atoms. The highest BCUT2D eigenvalue weighted by Gasteiger charge is 2.23. The normalized spacial score (nSPS) is 18.8. The number of ether oxygens (including phenoxy) is 1. The molecular weight excluding hydrogens is 278 g/mol. The zero-order chi connectivity index (χ0) is 16.1. The quantitative estimate of drug-likeness (QED) is 0.813. The summed E-state index contributed by atoms with van der Waals surface area (Å²) in [5.41, 5.74) is 2.70. The number of hydrogen-bond acceptors (Lipinski definition) is 3. The number of methoxy groups -OCH3 is 1. The van der Waals surface area contributed by atoms with Crippen molar-refractivity contribution in [1.29, 1.82) is 0 Å². The Morgan fingerprint density at radius 2 is 2.18 bits per heavy atom. The molecule has 0 fully saturated rings. The Labute approximate surface area is 132 Å². The van der Waals surface area contributed by atoms with Crippen LogP contribution in [0.5, 0.6) is 5.75 Å². The van der Waals surface area contributed by atoms with Gasteiger partial charge >= 0.3 is 5.97 Å². The summed E-state index contributed by atoms with van der Waals surface area (Å²) in [6, 6.07) is 6.61. The molecule has 1 aromatic carbocycles. The molecule has 0 saturated carbocycles. The van der Waals surface area contributed by atoms with Crippen molar-refractivity contribution in [2.45, 2.75) is 45.6 Å². The van der Waals surface area contributed by atoms with Crippen LogP contribution >= 0.6 is 0 Å². The van der Waals surface area contributed by atoms with Gasteiger partial charge in [0.2, 0.25) is 0 Å². The lowest BCUT2D eigenvalue weighted by Crippen LogP contribution is -2.39. The van der Waals surface area contributed by atoms with Crippen molar-refractivity contribution in [3.63, 3.8) is 0 Å². The molecule has 4 heteroatoms. The van der Waals surface area contributed by atoms with Crippen LogP contribution < -0.4 is 10.1 Å². The van der Waals surface area contributed by atoms with E-state index in [1.54, 1.807) is 7.11 Å². The molecule has 0 saturated heterocycles. The Balaban J connectivity index is 1.93. The minimum atomic E-state index is -0.695. The summed E-state index contributed by atoms with van der Waals surface area (Å²) in [7, 11) is 1.68. The Morgan fingerprint density at radius 1 is 1.41 bits per heavy atom. The summed E-state index contributed by atoms with van der Waals surface area (Å²) in [6.07, 6.45) is 3.77. The van der Waals surface area contributed by atoms with Gasteiger partial charge < -0.3 is 15.2 Å². The highest BCUT2D eigenvalue weighted by Crippen LogP contribution is 2.25. The molecule has 2 N–H and O–H groups in total. The minimum absolute atomic E-state index is 0.299. The molecule has 0 spiro atoms. The number of fused-ring (bicyclic) bond motifs is 1. The van der Waals surface area contributed by atoms with Crippen LogP contribution in [0.1, 0.15) is 37.8 Å². The second kappa shape index (κ2) is 7.63. The van der Waals surface area contributed by atoms with Crippen molar-refractivity contribution in [2.75, 3.05) is 13.7 Å². The lowest BCUT2D eigenvalue weighted by Gasteiger charge is -2.27. The van der Waals surface area contributed by atoms with Crippen LogP contribution in [0.4, 0.5) is 0 Å². The molecule has 0 aromatic heterocycles. The standard InChI is InChI=1S/C18H27NO3/c1-12(2)8-15(18(20)21)11-19-16-6-4-13-5-7-17(22-3)10-14(13)9-16/h5,7,10,12,15-16,19H,4,6,8-9,11H2,1-3H3,(H,20,21). The van der Waals surface area contributed by atoms with E-state index >= 15 is 0 Å². The Morgan fingerprint density at radius 3 is 2.82 bits per heavy atom. The first-order valence-electron chi connectivity index (χ1n) is 8.11. The summed E-state index contributed by atoms with van der Waals surface area (Å²) in [5.74, 6) is 0.299. The molecule has 4 nitrogen and oxygen atoms in total. The van der Waals surface area contributed by atoms with Gasteiger partial charge in [-0.25, -0.2) is 0 Å². The molecule has 0 heterocycles. The lowest BCUT2D eigenvalue weighted by atomic mass is 9.87. The zero-order valence-corrected chi connectivity index (χ0v) is 13.8. The monoisotopic (exact) mass is 305 g/mol. The highest BCUT2D eigenvalue weighted by molar-refractivity contribution is 5.70. The van der Waals surface area contributed by atoms with Crippen molar-refractivity contribution in [3.8, 4) is 5.75 Å². The molecule has 2 atom stereocenters. The molecule has 22 heavy (non-hydrogen) atoms. The Hall–Kier alpha value is -1.55. The van der Waals surface area contributed by atoms with Crippen LogP contribution in [-0.4, -0.2) is 30.8 Å². The number of carbonyl (C=O) groups is 1. The molecule has 1 aromatic rings. The minimum Gasteiger partial charge on any atom is -0.497 e. The van der Waals surface area contributed by atoms with E-state index in [-0.39, 0.29) is 5.92 Å². The number of carboxylic acid groups (broad SMARTS) is 1. The molecule has 0 radical (unpaired) electrons. The van der Waals surface area contributed by atoms with E-state index in [1.165, 1.54) is 11.1 Å². The molecule has 0 amide bonds. The fourth-order valence-electron chi connectivity index (χ4n) is 3.18. The molecule has 0 aliphatic heterocycles. The van der Waals surface area contributed by atoms with Crippen LogP contribution in [0.3, 0.4) is 0 Å². The number of nitrogens with one attached hydrogen (secondary N) is 1. The predicted molar refractivity (Wildman–Crippen MR) is 87.4 cm³/mol. The maximum Gasteiger partial charge on any atom is 0.307 e. The van der Waals surface area contributed by atoms with Crippen molar-refractivity contribution in [1.82, 2.24) is 5.32 Å². The number of rotatable bonds is 7. The smallest absolute Gasteiger partial charge is 0.307 e. The largest absolute Gasteiger partial charge is 0.497 e. The van der Waals surface area contributed by atoms with Crippen LogP contribution in [0.2, 0.25) is 0 Å². The summed E-state index contributed by atoms with van der Waals surface area (Å²) < 4.78 is 5.29. The summed E-state index contributed by atoms with van der Waals surface area (Å²) in [6.45, 7) is 4.69. The van der Waals surface area contributed by atoms with Crippen molar-refractivity contribution in [3.05, 3.63) is 29.3 Å². The van der Waals surface area contributed by atoms with Gasteiger partial charge in [-0.2, -0.15) is 0 Å². The molecule has 1 aliphatic carbocycles. The number of hydrogen-bond donors (Lipinski definition) is 2. The number of aryl methyl sites for hydroxylation is 1. The van der Waals surface area contributed by atoms with Gasteiger partial charge in [0.25, 0.3) is 0 Å². The van der Waals surface area contributed by atoms with Crippen molar-refractivity contribution in [2.24, 2.45) is 11.8 Å². The van der Waals surface area contributed by atoms with Crippen LogP contribution in [0, 0.1) is 11.8 Å². The molecule has 2 rings (SSSR count). The Kier molecular flexibility index (Phi) is 5.83. The highest BCUT2D eigenvalue weighted by atomic mass is 16.5. The van der Waals surface area contributed by atoms with Crippen LogP contribution in [-0.2, 0) is 17.6 Å². The molecule has 1 aliphatic rings. The van der Waals surface area contributed by atoms with Crippen molar-refractivity contribution >= 4 is 5.97 Å². The van der Waals surface area contributed by atoms with Crippen LogP contribution in [0.15, 0.2) is 18.2 Å². The second-order valence-electron chi connectivity index (χ2n) is 6.65. The summed E-state index contributed by atoms with van der Waals surface area (Å²) >= 11 is 0. The van der Waals surface area contributed by atoms with E-state index in [2.05, 4.69) is 31.3 Å². The average Bonchev–Trinajstić information content (AvgIpc) is 2.49. The van der Waals surface area contributed by atoms with E-state index in [0.717, 1.165) is 31.4 Å². The lowest BCUT2D eigenvalue weighted by molar-refractivity contribution is -0.142. The number of benzene rings is 1. The molecule has 122 valence electrons. The second-order valence-corrected chi connectivity index (χ2v) is 6.65. The van der Waals surface area contributed by atoms with Crippen LogP contribution in [0.25, 0.3) is 0 Å². The Bertz CT molecular complexity index is 513. The van der Waals surface area contributed by atoms with E-state index in [1.807, 2.05) is 6.07 Å². The fraction of sp³-hybridized carbons (Fsp3) is 0.611. The third kappa shape index (κ3) is 4.47. The third-order valence-electron chi connectivity index (χ3n) is 4.40. The summed E-state index contributed by atoms with van der Waals surface area (Å²) in [4.78, 5) is 11.3. The van der Waals surface area contributed by atoms with E-state index in [9.17, 15) is 9.90 Å². The fourth-order valence-corrected chi connectivity index (χ4v) is 3.18. The van der Waals surface area contributed by atoms with Crippen molar-refractivity contribution < 1.29 is 14.6 Å². The topological polar surface area (TPSA) is 58.6 Å². The maximum absolute atomic E-state index is 11.3. The van der Waals surface area contributed by atoms with Gasteiger partial charge in [0.05, 0.1) is 13.0 Å². The van der Waals surface area contributed by atoms with E-state index in [0.29, 0.717) is 18.5 Å². The average molecular weight is 305 g/mol. The first-order chi connectivity index (χ1) is 10.5. The third-order valence-corrected chi connectivity index (χ3v) is 4.40. The van der Waals surface area contributed by atoms with Gasteiger partial charge in [0, 0.05) is 12.6 Å². The van der Waals surface area contributed by atoms with Gasteiger partial charge in [0.1, 0.15) is 5.75 Å².